The molecule has 6 nitrogen and oxygen atoms in total. The second-order valence-electron chi connectivity index (χ2n) is 7.24. The fourth-order valence-corrected chi connectivity index (χ4v) is 4.34. The molecule has 0 saturated carbocycles. The van der Waals surface area contributed by atoms with E-state index in [1.54, 1.807) is 6.07 Å². The second-order valence-corrected chi connectivity index (χ2v) is 7.24. The van der Waals surface area contributed by atoms with Crippen LogP contribution in [-0.2, 0) is 11.3 Å². The molecule has 0 atom stereocenters. The number of aryl methyl sites for hydroxylation is 1. The minimum Gasteiger partial charge on any atom is -0.465 e. The van der Waals surface area contributed by atoms with Crippen LogP contribution in [0.25, 0.3) is 10.9 Å². The van der Waals surface area contributed by atoms with E-state index in [0.29, 0.717) is 23.8 Å². The molecule has 7 heteroatoms. The summed E-state index contributed by atoms with van der Waals surface area (Å²) in [6.07, 6.45) is 3.57. The van der Waals surface area contributed by atoms with Gasteiger partial charge in [0.25, 0.3) is 0 Å². The molecule has 3 aliphatic heterocycles. The first kappa shape index (κ1) is 18.0. The van der Waals surface area contributed by atoms with E-state index in [0.717, 1.165) is 39.0 Å². The van der Waals surface area contributed by atoms with Crippen LogP contribution < -0.4 is 10.3 Å². The number of esters is 1. The third-order valence-corrected chi connectivity index (χ3v) is 5.86. The Bertz CT molecular complexity index is 948. The maximum Gasteiger partial charge on any atom is 0.343 e. The molecule has 3 saturated heterocycles. The van der Waals surface area contributed by atoms with Gasteiger partial charge in [-0.05, 0) is 31.9 Å². The molecular weight excluding hydrogens is 349 g/mol. The summed E-state index contributed by atoms with van der Waals surface area (Å²) in [5, 5.41) is 0.212. The van der Waals surface area contributed by atoms with Gasteiger partial charge in [-0.3, -0.25) is 4.79 Å². The lowest BCUT2D eigenvalue weighted by molar-refractivity contribution is 0.0598. The Morgan fingerprint density at radius 2 is 1.96 bits per heavy atom. The van der Waals surface area contributed by atoms with Gasteiger partial charge in [0.1, 0.15) is 11.4 Å². The largest absolute Gasteiger partial charge is 0.465 e. The number of hydrogen-bond acceptors (Lipinski definition) is 5. The van der Waals surface area contributed by atoms with Crippen molar-refractivity contribution in [2.45, 2.75) is 32.4 Å². The highest BCUT2D eigenvalue weighted by Gasteiger charge is 2.31. The molecule has 3 fully saturated rings. The Morgan fingerprint density at radius 3 is 2.63 bits per heavy atom. The number of aromatic nitrogens is 1. The zero-order valence-corrected chi connectivity index (χ0v) is 15.7. The average molecular weight is 373 g/mol. The molecule has 2 aromatic rings. The summed E-state index contributed by atoms with van der Waals surface area (Å²) in [5.74, 6) is -1.11. The van der Waals surface area contributed by atoms with Gasteiger partial charge in [-0.25, -0.2) is 9.18 Å². The monoisotopic (exact) mass is 373 g/mol. The Hall–Kier alpha value is -2.41. The first-order chi connectivity index (χ1) is 13.0. The van der Waals surface area contributed by atoms with Gasteiger partial charge in [-0.15, -0.1) is 0 Å². The number of rotatable bonds is 3. The predicted molar refractivity (Wildman–Crippen MR) is 102 cm³/mol. The molecule has 0 amide bonds. The van der Waals surface area contributed by atoms with Gasteiger partial charge in [0.15, 0.2) is 0 Å². The van der Waals surface area contributed by atoms with Crippen molar-refractivity contribution in [3.63, 3.8) is 0 Å². The zero-order valence-electron chi connectivity index (χ0n) is 15.7. The summed E-state index contributed by atoms with van der Waals surface area (Å²) < 4.78 is 21.6. The SMILES string of the molecule is CCn1cc(C(=O)OC)c(=O)c2cc(F)c(N3CCN4CCC3CC4)cc21. The van der Waals surface area contributed by atoms with Gasteiger partial charge in [0.05, 0.1) is 18.3 Å². The van der Waals surface area contributed by atoms with Gasteiger partial charge in [0, 0.05) is 50.3 Å². The summed E-state index contributed by atoms with van der Waals surface area (Å²) in [7, 11) is 1.23. The molecular formula is C20H24FN3O3. The van der Waals surface area contributed by atoms with E-state index in [-0.39, 0.29) is 10.9 Å². The fourth-order valence-electron chi connectivity index (χ4n) is 4.34. The number of ether oxygens (including phenoxy) is 1. The molecule has 27 heavy (non-hydrogen) atoms. The Balaban J connectivity index is 1.88. The molecule has 144 valence electrons. The standard InChI is InChI=1S/C20H24FN3O3/c1-3-23-12-15(20(26)27-2)19(25)14-10-16(21)18(11-17(14)23)24-9-8-22-6-4-13(24)5-7-22/h10-13H,3-9H2,1-2H3. The van der Waals surface area contributed by atoms with Gasteiger partial charge >= 0.3 is 5.97 Å². The van der Waals surface area contributed by atoms with E-state index in [9.17, 15) is 9.59 Å². The molecule has 0 N–H and O–H groups in total. The van der Waals surface area contributed by atoms with Crippen molar-refractivity contribution in [3.05, 3.63) is 39.9 Å². The number of methoxy groups -OCH3 is 1. The topological polar surface area (TPSA) is 54.8 Å². The van der Waals surface area contributed by atoms with Crippen molar-refractivity contribution in [2.75, 3.05) is 38.2 Å². The Labute approximate surface area is 157 Å². The number of carbonyl (C=O) groups excluding carboxylic acids is 1. The van der Waals surface area contributed by atoms with Crippen LogP contribution >= 0.6 is 0 Å². The minimum atomic E-state index is -0.702. The molecule has 1 aromatic carbocycles. The van der Waals surface area contributed by atoms with Crippen molar-refractivity contribution < 1.29 is 13.9 Å². The first-order valence-electron chi connectivity index (χ1n) is 9.47. The van der Waals surface area contributed by atoms with Crippen LogP contribution in [0.15, 0.2) is 23.1 Å². The molecule has 0 radical (unpaired) electrons. The van der Waals surface area contributed by atoms with E-state index < -0.39 is 17.2 Å². The second kappa shape index (κ2) is 6.96. The van der Waals surface area contributed by atoms with Crippen molar-refractivity contribution in [1.29, 1.82) is 0 Å². The quantitative estimate of drug-likeness (QED) is 0.773. The lowest BCUT2D eigenvalue weighted by Crippen LogP contribution is -2.38. The van der Waals surface area contributed by atoms with Crippen LogP contribution in [0.5, 0.6) is 0 Å². The van der Waals surface area contributed by atoms with Gasteiger partial charge in [0.2, 0.25) is 5.43 Å². The summed E-state index contributed by atoms with van der Waals surface area (Å²) in [5.41, 5.74) is 0.629. The van der Waals surface area contributed by atoms with Gasteiger partial charge < -0.3 is 19.1 Å². The van der Waals surface area contributed by atoms with E-state index in [1.165, 1.54) is 19.4 Å². The van der Waals surface area contributed by atoms with E-state index in [4.69, 9.17) is 4.74 Å². The number of hydrogen-bond donors (Lipinski definition) is 0. The normalized spacial score (nSPS) is 22.1. The molecule has 2 bridgehead atoms. The number of piperidine rings is 1. The molecule has 3 aliphatic rings. The number of pyridine rings is 1. The van der Waals surface area contributed by atoms with Crippen molar-refractivity contribution in [2.24, 2.45) is 0 Å². The molecule has 4 heterocycles. The fraction of sp³-hybridized carbons (Fsp3) is 0.500. The molecule has 5 rings (SSSR count). The number of fused-ring (bicyclic) bond motifs is 5. The van der Waals surface area contributed by atoms with Crippen molar-refractivity contribution in [3.8, 4) is 0 Å². The highest BCUT2D eigenvalue weighted by Crippen LogP contribution is 2.31. The maximum atomic E-state index is 15.1. The molecule has 0 aliphatic carbocycles. The van der Waals surface area contributed by atoms with Crippen LogP contribution in [0.1, 0.15) is 30.1 Å². The Kier molecular flexibility index (Phi) is 4.63. The van der Waals surface area contributed by atoms with Gasteiger partial charge in [-0.2, -0.15) is 0 Å². The van der Waals surface area contributed by atoms with E-state index in [2.05, 4.69) is 9.80 Å². The highest BCUT2D eigenvalue weighted by molar-refractivity contribution is 5.94. The lowest BCUT2D eigenvalue weighted by atomic mass is 10.0. The number of benzene rings is 1. The van der Waals surface area contributed by atoms with E-state index >= 15 is 4.39 Å². The number of nitrogens with zero attached hydrogens (tertiary/aromatic N) is 3. The molecule has 1 aromatic heterocycles. The summed E-state index contributed by atoms with van der Waals surface area (Å²) in [4.78, 5) is 29.2. The number of halogens is 1. The van der Waals surface area contributed by atoms with Crippen molar-refractivity contribution in [1.82, 2.24) is 9.47 Å². The lowest BCUT2D eigenvalue weighted by Gasteiger charge is -2.33. The van der Waals surface area contributed by atoms with E-state index in [1.807, 2.05) is 11.5 Å². The van der Waals surface area contributed by atoms with Crippen LogP contribution in [-0.4, -0.2) is 54.8 Å². The zero-order chi connectivity index (χ0) is 19.1. The van der Waals surface area contributed by atoms with Gasteiger partial charge in [-0.1, -0.05) is 0 Å². The first-order valence-corrected chi connectivity index (χ1v) is 9.47. The Morgan fingerprint density at radius 1 is 1.22 bits per heavy atom. The summed E-state index contributed by atoms with van der Waals surface area (Å²) in [6, 6.07) is 3.38. The number of anilines is 1. The average Bonchev–Trinajstić information content (AvgIpc) is 3.01. The summed E-state index contributed by atoms with van der Waals surface area (Å²) >= 11 is 0. The van der Waals surface area contributed by atoms with Crippen molar-refractivity contribution >= 4 is 22.6 Å². The molecule has 0 unspecified atom stereocenters. The van der Waals surface area contributed by atoms with Crippen LogP contribution in [0, 0.1) is 5.82 Å². The van der Waals surface area contributed by atoms with Crippen LogP contribution in [0.2, 0.25) is 0 Å². The van der Waals surface area contributed by atoms with Crippen LogP contribution in [0.4, 0.5) is 10.1 Å². The third-order valence-electron chi connectivity index (χ3n) is 5.86. The molecule has 0 spiro atoms. The number of carbonyl (C=O) groups is 1. The summed E-state index contributed by atoms with van der Waals surface area (Å²) in [6.45, 7) is 6.30. The third kappa shape index (κ3) is 3.00. The highest BCUT2D eigenvalue weighted by atomic mass is 19.1. The van der Waals surface area contributed by atoms with Crippen LogP contribution in [0.3, 0.4) is 0 Å². The predicted octanol–water partition coefficient (Wildman–Crippen LogP) is 2.23. The smallest absolute Gasteiger partial charge is 0.343 e. The minimum absolute atomic E-state index is 0.0693. The maximum absolute atomic E-state index is 15.1.